The van der Waals surface area contributed by atoms with Gasteiger partial charge in [-0.3, -0.25) is 0 Å². The molecule has 0 fully saturated rings. The smallest absolute Gasteiger partial charge is 0.0965 e. The van der Waals surface area contributed by atoms with Crippen LogP contribution in [-0.4, -0.2) is 6.26 Å². The molecule has 0 aliphatic carbocycles. The molecule has 0 atom stereocenters. The summed E-state index contributed by atoms with van der Waals surface area (Å²) < 4.78 is 0. The second-order valence-corrected chi connectivity index (χ2v) is 3.76. The first-order chi connectivity index (χ1) is 6.69. The van der Waals surface area contributed by atoms with Gasteiger partial charge in [0.2, 0.25) is 0 Å². The van der Waals surface area contributed by atoms with Crippen LogP contribution in [0.5, 0.6) is 0 Å². The van der Waals surface area contributed by atoms with Crippen molar-refractivity contribution in [1.82, 2.24) is 0 Å². The normalized spacial score (nSPS) is 11.8. The minimum Gasteiger partial charge on any atom is -0.397 e. The van der Waals surface area contributed by atoms with Gasteiger partial charge in [-0.05, 0) is 30.9 Å². The van der Waals surface area contributed by atoms with Crippen LogP contribution in [0, 0.1) is 11.3 Å². The topological polar surface area (TPSA) is 49.8 Å². The number of nitrogens with two attached hydrogens (primary N) is 1. The molecule has 3 heteroatoms. The molecule has 0 spiro atoms. The van der Waals surface area contributed by atoms with Gasteiger partial charge in [0.15, 0.2) is 0 Å². The maximum atomic E-state index is 8.68. The largest absolute Gasteiger partial charge is 0.397 e. The van der Waals surface area contributed by atoms with Crippen LogP contribution in [0.3, 0.4) is 0 Å². The molecule has 1 aromatic carbocycles. The highest BCUT2D eigenvalue weighted by Crippen LogP contribution is 2.18. The number of hydrogen-bond acceptors (Lipinski definition) is 3. The highest BCUT2D eigenvalue weighted by Gasteiger charge is 2.00. The third-order valence-electron chi connectivity index (χ3n) is 1.97. The van der Waals surface area contributed by atoms with Crippen LogP contribution in [0.2, 0.25) is 0 Å². The van der Waals surface area contributed by atoms with Crippen molar-refractivity contribution >= 4 is 17.5 Å². The van der Waals surface area contributed by atoms with Gasteiger partial charge in [0.05, 0.1) is 11.8 Å². The predicted octanol–water partition coefficient (Wildman–Crippen LogP) is 2.62. The lowest BCUT2D eigenvalue weighted by Gasteiger charge is -2.03. The van der Waals surface area contributed by atoms with Gasteiger partial charge in [-0.25, -0.2) is 0 Å². The van der Waals surface area contributed by atoms with Gasteiger partial charge in [0, 0.05) is 10.5 Å². The van der Waals surface area contributed by atoms with Gasteiger partial charge in [-0.2, -0.15) is 5.26 Å². The third-order valence-corrected chi connectivity index (χ3v) is 2.72. The Balaban J connectivity index is 3.05. The standard InChI is InChI=1S/C11H12N2S/c1-8(7-12)11(13)9-3-5-10(14-2)6-4-9/h3-6H,13H2,1-2H3/b11-8+. The summed E-state index contributed by atoms with van der Waals surface area (Å²) in [5.74, 6) is 0. The molecule has 0 unspecified atom stereocenters. The molecule has 0 saturated carbocycles. The summed E-state index contributed by atoms with van der Waals surface area (Å²) in [6, 6.07) is 9.90. The summed E-state index contributed by atoms with van der Waals surface area (Å²) >= 11 is 1.68. The lowest BCUT2D eigenvalue weighted by Crippen LogP contribution is -1.98. The van der Waals surface area contributed by atoms with Crippen molar-refractivity contribution in [2.75, 3.05) is 6.26 Å². The maximum Gasteiger partial charge on any atom is 0.0965 e. The fourth-order valence-corrected chi connectivity index (χ4v) is 1.46. The van der Waals surface area contributed by atoms with E-state index in [9.17, 15) is 0 Å². The van der Waals surface area contributed by atoms with Crippen molar-refractivity contribution in [3.8, 4) is 6.07 Å². The van der Waals surface area contributed by atoms with E-state index in [1.165, 1.54) is 4.90 Å². The Hall–Kier alpha value is -1.40. The third kappa shape index (κ3) is 2.30. The molecule has 0 bridgehead atoms. The number of nitriles is 1. The molecule has 1 rings (SSSR count). The van der Waals surface area contributed by atoms with Crippen molar-refractivity contribution in [3.05, 3.63) is 35.4 Å². The molecule has 0 saturated heterocycles. The highest BCUT2D eigenvalue weighted by atomic mass is 32.2. The number of rotatable bonds is 2. The minimum absolute atomic E-state index is 0.556. The Labute approximate surface area is 88.4 Å². The molecule has 0 aromatic heterocycles. The maximum absolute atomic E-state index is 8.68. The first-order valence-electron chi connectivity index (χ1n) is 4.20. The zero-order valence-corrected chi connectivity index (χ0v) is 9.06. The number of nitrogens with zero attached hydrogens (tertiary/aromatic N) is 1. The molecule has 2 nitrogen and oxygen atoms in total. The Bertz CT molecular complexity index is 385. The summed E-state index contributed by atoms with van der Waals surface area (Å²) in [5, 5.41) is 8.68. The van der Waals surface area contributed by atoms with E-state index in [2.05, 4.69) is 0 Å². The van der Waals surface area contributed by atoms with E-state index >= 15 is 0 Å². The Morgan fingerprint density at radius 2 is 1.93 bits per heavy atom. The van der Waals surface area contributed by atoms with E-state index in [1.807, 2.05) is 36.6 Å². The van der Waals surface area contributed by atoms with Crippen molar-refractivity contribution in [3.63, 3.8) is 0 Å². The van der Waals surface area contributed by atoms with E-state index in [0.717, 1.165) is 5.56 Å². The second-order valence-electron chi connectivity index (χ2n) is 2.88. The SMILES string of the molecule is CSc1ccc(/C(N)=C(/C)C#N)cc1. The van der Waals surface area contributed by atoms with Crippen LogP contribution in [0.1, 0.15) is 12.5 Å². The molecular weight excluding hydrogens is 192 g/mol. The van der Waals surface area contributed by atoms with Gasteiger partial charge >= 0.3 is 0 Å². The first-order valence-corrected chi connectivity index (χ1v) is 5.42. The lowest BCUT2D eigenvalue weighted by atomic mass is 10.1. The van der Waals surface area contributed by atoms with Crippen LogP contribution in [0.15, 0.2) is 34.7 Å². The molecule has 0 heterocycles. The summed E-state index contributed by atoms with van der Waals surface area (Å²) in [4.78, 5) is 1.19. The van der Waals surface area contributed by atoms with Crippen LogP contribution >= 0.6 is 11.8 Å². The molecule has 0 amide bonds. The average Bonchev–Trinajstić information content (AvgIpc) is 2.27. The predicted molar refractivity (Wildman–Crippen MR) is 60.6 cm³/mol. The highest BCUT2D eigenvalue weighted by molar-refractivity contribution is 7.98. The van der Waals surface area contributed by atoms with Crippen molar-refractivity contribution < 1.29 is 0 Å². The van der Waals surface area contributed by atoms with Gasteiger partial charge in [0.1, 0.15) is 0 Å². The molecule has 0 aliphatic rings. The average molecular weight is 204 g/mol. The van der Waals surface area contributed by atoms with E-state index in [1.54, 1.807) is 18.7 Å². The van der Waals surface area contributed by atoms with Crippen LogP contribution in [-0.2, 0) is 0 Å². The number of hydrogen-bond donors (Lipinski definition) is 1. The Kier molecular flexibility index (Phi) is 3.61. The van der Waals surface area contributed by atoms with E-state index < -0.39 is 0 Å². The lowest BCUT2D eigenvalue weighted by molar-refractivity contribution is 1.37. The van der Waals surface area contributed by atoms with Crippen LogP contribution < -0.4 is 5.73 Å². The van der Waals surface area contributed by atoms with Gasteiger partial charge in [0.25, 0.3) is 0 Å². The van der Waals surface area contributed by atoms with Gasteiger partial charge in [-0.1, -0.05) is 12.1 Å². The molecule has 14 heavy (non-hydrogen) atoms. The molecule has 72 valence electrons. The molecule has 1 aromatic rings. The van der Waals surface area contributed by atoms with Crippen molar-refractivity contribution in [2.45, 2.75) is 11.8 Å². The Morgan fingerprint density at radius 1 is 1.36 bits per heavy atom. The summed E-state index contributed by atoms with van der Waals surface area (Å²) in [7, 11) is 0. The fraction of sp³-hybridized carbons (Fsp3) is 0.182. The quantitative estimate of drug-likeness (QED) is 0.595. The van der Waals surface area contributed by atoms with Crippen LogP contribution in [0.4, 0.5) is 0 Å². The molecule has 0 aliphatic heterocycles. The summed E-state index contributed by atoms with van der Waals surface area (Å²) in [6.07, 6.45) is 2.02. The van der Waals surface area contributed by atoms with Crippen molar-refractivity contribution in [1.29, 1.82) is 5.26 Å². The van der Waals surface area contributed by atoms with E-state index in [0.29, 0.717) is 11.3 Å². The summed E-state index contributed by atoms with van der Waals surface area (Å²) in [6.45, 7) is 1.72. The van der Waals surface area contributed by atoms with E-state index in [4.69, 9.17) is 11.0 Å². The fourth-order valence-electron chi connectivity index (χ4n) is 1.05. The number of thioether (sulfide) groups is 1. The number of benzene rings is 1. The number of allylic oxidation sites excluding steroid dienone is 1. The van der Waals surface area contributed by atoms with E-state index in [-0.39, 0.29) is 0 Å². The molecular formula is C11H12N2S. The van der Waals surface area contributed by atoms with Crippen molar-refractivity contribution in [2.24, 2.45) is 5.73 Å². The Morgan fingerprint density at radius 3 is 2.36 bits per heavy atom. The zero-order valence-electron chi connectivity index (χ0n) is 8.24. The summed E-state index contributed by atoms with van der Waals surface area (Å²) in [5.41, 5.74) is 7.81. The van der Waals surface area contributed by atoms with Gasteiger partial charge in [-0.15, -0.1) is 11.8 Å². The minimum atomic E-state index is 0.556. The zero-order chi connectivity index (χ0) is 10.6. The van der Waals surface area contributed by atoms with Crippen LogP contribution in [0.25, 0.3) is 5.70 Å². The second kappa shape index (κ2) is 4.73. The molecule has 2 N–H and O–H groups in total. The van der Waals surface area contributed by atoms with Gasteiger partial charge < -0.3 is 5.73 Å². The molecule has 0 radical (unpaired) electrons. The monoisotopic (exact) mass is 204 g/mol. The first kappa shape index (κ1) is 10.7.